The Morgan fingerprint density at radius 3 is 2.15 bits per heavy atom. The lowest BCUT2D eigenvalue weighted by atomic mass is 9.98. The first-order valence-electron chi connectivity index (χ1n) is 11.2. The maximum Gasteiger partial charge on any atom is 0.411 e. The van der Waals surface area contributed by atoms with Gasteiger partial charge in [0.05, 0.1) is 5.56 Å². The maximum absolute atomic E-state index is 12.7. The van der Waals surface area contributed by atoms with Crippen molar-refractivity contribution >= 4 is 25.8 Å². The molecule has 2 N–H and O–H groups in total. The Morgan fingerprint density at radius 1 is 1.00 bits per heavy atom. The minimum Gasteiger partial charge on any atom is -0.478 e. The second-order valence-electron chi connectivity index (χ2n) is 9.45. The third-order valence-corrected chi connectivity index (χ3v) is 6.68. The molecule has 0 bridgehead atoms. The van der Waals surface area contributed by atoms with Crippen LogP contribution in [0.4, 0.5) is 10.5 Å². The molecule has 0 spiro atoms. The van der Waals surface area contributed by atoms with Gasteiger partial charge in [-0.2, -0.15) is 0 Å². The SMILES string of the molecule is Cc1c(C#C[Si](C)(C)C)cc(C(=O)O)cc1NC(=O)OCC1c2ccccc2-c2ccccc21. The molecular weight excluding hydrogens is 442 g/mol. The highest BCUT2D eigenvalue weighted by atomic mass is 28.3. The fourth-order valence-corrected chi connectivity index (χ4v) is 4.61. The molecule has 1 amide bonds. The summed E-state index contributed by atoms with van der Waals surface area (Å²) in [6, 6.07) is 19.3. The van der Waals surface area contributed by atoms with Crippen molar-refractivity contribution in [2.75, 3.05) is 11.9 Å². The summed E-state index contributed by atoms with van der Waals surface area (Å²) in [4.78, 5) is 24.4. The molecule has 34 heavy (non-hydrogen) atoms. The second kappa shape index (κ2) is 9.20. The zero-order valence-corrected chi connectivity index (χ0v) is 20.7. The molecule has 6 heteroatoms. The number of carbonyl (C=O) groups is 2. The number of aromatic carboxylic acids is 1. The number of hydrogen-bond acceptors (Lipinski definition) is 3. The summed E-state index contributed by atoms with van der Waals surface area (Å²) in [5.41, 5.74) is 9.59. The van der Waals surface area contributed by atoms with Gasteiger partial charge in [0, 0.05) is 17.2 Å². The van der Waals surface area contributed by atoms with Crippen LogP contribution in [0.2, 0.25) is 19.6 Å². The standard InChI is InChI=1S/C28H27NO4Si/c1-18-19(13-14-34(2,3)4)15-20(27(30)31)16-26(18)29-28(32)33-17-25-23-11-7-5-9-21(23)22-10-6-8-12-24(22)25/h5-12,15-16,25H,17H2,1-4H3,(H,29,32)(H,30,31). The van der Waals surface area contributed by atoms with Crippen molar-refractivity contribution in [3.63, 3.8) is 0 Å². The van der Waals surface area contributed by atoms with E-state index in [2.05, 4.69) is 60.7 Å². The Kier molecular flexibility index (Phi) is 6.32. The van der Waals surface area contributed by atoms with Crippen LogP contribution in [0, 0.1) is 18.4 Å². The van der Waals surface area contributed by atoms with E-state index in [4.69, 9.17) is 4.74 Å². The number of fused-ring (bicyclic) bond motifs is 3. The quantitative estimate of drug-likeness (QED) is 0.348. The largest absolute Gasteiger partial charge is 0.478 e. The number of rotatable bonds is 4. The van der Waals surface area contributed by atoms with Crippen LogP contribution >= 0.6 is 0 Å². The summed E-state index contributed by atoms with van der Waals surface area (Å²) in [5, 5.41) is 12.3. The molecule has 0 fully saturated rings. The smallest absolute Gasteiger partial charge is 0.411 e. The third-order valence-electron chi connectivity index (χ3n) is 5.81. The average Bonchev–Trinajstić information content (AvgIpc) is 3.11. The van der Waals surface area contributed by atoms with Gasteiger partial charge in [-0.25, -0.2) is 9.59 Å². The molecule has 172 valence electrons. The van der Waals surface area contributed by atoms with Gasteiger partial charge in [0.2, 0.25) is 0 Å². The maximum atomic E-state index is 12.7. The van der Waals surface area contributed by atoms with Gasteiger partial charge >= 0.3 is 12.1 Å². The van der Waals surface area contributed by atoms with Crippen LogP contribution in [0.25, 0.3) is 11.1 Å². The van der Waals surface area contributed by atoms with E-state index in [1.165, 1.54) is 6.07 Å². The molecule has 0 unspecified atom stereocenters. The van der Waals surface area contributed by atoms with Gasteiger partial charge in [-0.1, -0.05) is 74.1 Å². The van der Waals surface area contributed by atoms with Crippen molar-refractivity contribution in [3.8, 4) is 22.6 Å². The van der Waals surface area contributed by atoms with Crippen molar-refractivity contribution < 1.29 is 19.4 Å². The van der Waals surface area contributed by atoms with Crippen LogP contribution in [0.15, 0.2) is 60.7 Å². The molecule has 0 saturated carbocycles. The van der Waals surface area contributed by atoms with Crippen molar-refractivity contribution in [2.45, 2.75) is 32.5 Å². The van der Waals surface area contributed by atoms with Crippen LogP contribution in [-0.2, 0) is 4.74 Å². The number of hydrogen-bond donors (Lipinski definition) is 2. The molecule has 1 aliphatic rings. The van der Waals surface area contributed by atoms with Crippen molar-refractivity contribution in [3.05, 3.63) is 88.5 Å². The zero-order chi connectivity index (χ0) is 24.5. The van der Waals surface area contributed by atoms with Crippen LogP contribution < -0.4 is 5.32 Å². The summed E-state index contributed by atoms with van der Waals surface area (Å²) < 4.78 is 5.63. The minimum atomic E-state index is -1.66. The first kappa shape index (κ1) is 23.3. The van der Waals surface area contributed by atoms with Crippen LogP contribution in [0.5, 0.6) is 0 Å². The molecule has 0 radical (unpaired) electrons. The molecule has 0 atom stereocenters. The Bertz CT molecular complexity index is 1300. The zero-order valence-electron chi connectivity index (χ0n) is 19.7. The number of nitrogens with one attached hydrogen (secondary N) is 1. The topological polar surface area (TPSA) is 75.6 Å². The number of ether oxygens (including phenoxy) is 1. The van der Waals surface area contributed by atoms with Gasteiger partial charge in [0.25, 0.3) is 0 Å². The number of anilines is 1. The van der Waals surface area contributed by atoms with E-state index in [0.717, 1.165) is 22.3 Å². The normalized spacial score (nSPS) is 12.2. The number of benzene rings is 3. The first-order valence-corrected chi connectivity index (χ1v) is 14.7. The molecule has 0 aromatic heterocycles. The molecule has 0 saturated heterocycles. The predicted octanol–water partition coefficient (Wildman–Crippen LogP) is 6.28. The monoisotopic (exact) mass is 469 g/mol. The van der Waals surface area contributed by atoms with Crippen LogP contribution in [0.1, 0.15) is 38.5 Å². The summed E-state index contributed by atoms with van der Waals surface area (Å²) in [7, 11) is -1.66. The van der Waals surface area contributed by atoms with E-state index in [0.29, 0.717) is 16.8 Å². The average molecular weight is 470 g/mol. The number of carboxylic acid groups (broad SMARTS) is 1. The van der Waals surface area contributed by atoms with Gasteiger partial charge in [0.1, 0.15) is 14.7 Å². The molecule has 0 aliphatic heterocycles. The fraction of sp³-hybridized carbons (Fsp3) is 0.214. The van der Waals surface area contributed by atoms with E-state index in [1.54, 1.807) is 6.07 Å². The first-order chi connectivity index (χ1) is 16.1. The van der Waals surface area contributed by atoms with Crippen molar-refractivity contribution in [1.82, 2.24) is 0 Å². The van der Waals surface area contributed by atoms with E-state index >= 15 is 0 Å². The Hall–Kier alpha value is -3.82. The Balaban J connectivity index is 1.55. The summed E-state index contributed by atoms with van der Waals surface area (Å²) in [5.74, 6) is 1.99. The van der Waals surface area contributed by atoms with E-state index in [1.807, 2.05) is 31.2 Å². The van der Waals surface area contributed by atoms with Gasteiger partial charge in [-0.15, -0.1) is 5.54 Å². The van der Waals surface area contributed by atoms with Crippen LogP contribution in [0.3, 0.4) is 0 Å². The van der Waals surface area contributed by atoms with Gasteiger partial charge in [0.15, 0.2) is 0 Å². The van der Waals surface area contributed by atoms with Gasteiger partial charge in [-0.3, -0.25) is 5.32 Å². The molecule has 3 aromatic rings. The fourth-order valence-electron chi connectivity index (χ4n) is 4.10. The lowest BCUT2D eigenvalue weighted by Gasteiger charge is -2.16. The van der Waals surface area contributed by atoms with Gasteiger partial charge < -0.3 is 9.84 Å². The molecule has 0 heterocycles. The van der Waals surface area contributed by atoms with Crippen LogP contribution in [-0.4, -0.2) is 31.8 Å². The molecule has 1 aliphatic carbocycles. The number of amides is 1. The van der Waals surface area contributed by atoms with Crippen molar-refractivity contribution in [2.24, 2.45) is 0 Å². The summed E-state index contributed by atoms with van der Waals surface area (Å²) in [6.07, 6.45) is -0.628. The Labute approximate surface area is 200 Å². The third kappa shape index (κ3) is 4.90. The number of carboxylic acids is 1. The molecular formula is C28H27NO4Si. The highest BCUT2D eigenvalue weighted by Crippen LogP contribution is 2.44. The minimum absolute atomic E-state index is 0.0530. The van der Waals surface area contributed by atoms with Gasteiger partial charge in [-0.05, 0) is 46.9 Å². The molecule has 4 rings (SSSR count). The van der Waals surface area contributed by atoms with E-state index in [-0.39, 0.29) is 18.1 Å². The predicted molar refractivity (Wildman–Crippen MR) is 137 cm³/mol. The van der Waals surface area contributed by atoms with Crippen molar-refractivity contribution in [1.29, 1.82) is 0 Å². The number of carbonyl (C=O) groups excluding carboxylic acids is 1. The van der Waals surface area contributed by atoms with E-state index < -0.39 is 20.1 Å². The summed E-state index contributed by atoms with van der Waals surface area (Å²) >= 11 is 0. The van der Waals surface area contributed by atoms with E-state index in [9.17, 15) is 14.7 Å². The molecule has 5 nitrogen and oxygen atoms in total. The summed E-state index contributed by atoms with van der Waals surface area (Å²) in [6.45, 7) is 8.35. The Morgan fingerprint density at radius 2 is 1.59 bits per heavy atom. The lowest BCUT2D eigenvalue weighted by Crippen LogP contribution is -2.19. The highest BCUT2D eigenvalue weighted by molar-refractivity contribution is 6.83. The second-order valence-corrected chi connectivity index (χ2v) is 14.2. The molecule has 3 aromatic carbocycles. The highest BCUT2D eigenvalue weighted by Gasteiger charge is 2.29. The lowest BCUT2D eigenvalue weighted by molar-refractivity contribution is 0.0696.